The molecule has 3 rings (SSSR count). The van der Waals surface area contributed by atoms with Crippen molar-refractivity contribution in [1.29, 1.82) is 0 Å². The molecule has 1 aliphatic heterocycles. The van der Waals surface area contributed by atoms with E-state index in [1.807, 2.05) is 30.3 Å². The lowest BCUT2D eigenvalue weighted by molar-refractivity contribution is -0.135. The van der Waals surface area contributed by atoms with Gasteiger partial charge >= 0.3 is 5.97 Å². The third-order valence-corrected chi connectivity index (χ3v) is 4.06. The number of benzene rings is 1. The topological polar surface area (TPSA) is 44.8 Å². The molecule has 110 valence electrons. The number of allylic oxidation sites excluding steroid dienone is 1. The largest absolute Gasteiger partial charge is 0.497 e. The van der Waals surface area contributed by atoms with E-state index < -0.39 is 0 Å². The van der Waals surface area contributed by atoms with E-state index in [-0.39, 0.29) is 5.97 Å². The van der Waals surface area contributed by atoms with Gasteiger partial charge in [-0.1, -0.05) is 12.1 Å². The van der Waals surface area contributed by atoms with Gasteiger partial charge in [0.25, 0.3) is 0 Å². The predicted molar refractivity (Wildman–Crippen MR) is 78.9 cm³/mol. The third kappa shape index (κ3) is 2.59. The van der Waals surface area contributed by atoms with Gasteiger partial charge in [0, 0.05) is 5.92 Å². The molecule has 4 heteroatoms. The molecule has 0 amide bonds. The number of hydrogen-bond acceptors (Lipinski definition) is 4. The normalized spacial score (nSPS) is 20.9. The number of esters is 1. The van der Waals surface area contributed by atoms with Crippen molar-refractivity contribution in [1.82, 2.24) is 0 Å². The van der Waals surface area contributed by atoms with Crippen LogP contribution < -0.4 is 4.74 Å². The summed E-state index contributed by atoms with van der Waals surface area (Å²) in [5.74, 6) is 0.879. The van der Waals surface area contributed by atoms with Gasteiger partial charge in [0.1, 0.15) is 5.75 Å². The number of carbonyl (C=O) groups is 1. The van der Waals surface area contributed by atoms with Crippen molar-refractivity contribution in [2.75, 3.05) is 27.4 Å². The van der Waals surface area contributed by atoms with E-state index in [1.165, 1.54) is 12.7 Å². The van der Waals surface area contributed by atoms with Gasteiger partial charge < -0.3 is 14.2 Å². The van der Waals surface area contributed by atoms with Gasteiger partial charge in [-0.25, -0.2) is 4.79 Å². The molecule has 0 N–H and O–H groups in total. The molecular weight excluding hydrogens is 268 g/mol. The van der Waals surface area contributed by atoms with Gasteiger partial charge in [-0.05, 0) is 41.3 Å². The number of ether oxygens (including phenoxy) is 3. The molecule has 4 nitrogen and oxygen atoms in total. The highest BCUT2D eigenvalue weighted by atomic mass is 16.5. The Morgan fingerprint density at radius 1 is 1.24 bits per heavy atom. The molecule has 0 aromatic heterocycles. The average molecular weight is 286 g/mol. The Labute approximate surface area is 124 Å². The first-order chi connectivity index (χ1) is 10.2. The maximum atomic E-state index is 12.1. The zero-order valence-corrected chi connectivity index (χ0v) is 12.2. The first kappa shape index (κ1) is 13.9. The Kier molecular flexibility index (Phi) is 3.80. The van der Waals surface area contributed by atoms with Crippen molar-refractivity contribution >= 4 is 11.5 Å². The van der Waals surface area contributed by atoms with Crippen molar-refractivity contribution in [2.24, 2.45) is 5.92 Å². The minimum Gasteiger partial charge on any atom is -0.497 e. The standard InChI is InChI=1S/C17H18O4/c1-19-14-5-3-11(4-6-14)15-7-12-9-21-10-13(12)8-16(15)17(18)20-2/h3-6,8,12H,7,9-10H2,1-2H3/t12-/m1/s1. The summed E-state index contributed by atoms with van der Waals surface area (Å²) in [7, 11) is 3.05. The van der Waals surface area contributed by atoms with E-state index in [4.69, 9.17) is 14.2 Å². The van der Waals surface area contributed by atoms with Crippen LogP contribution in [-0.4, -0.2) is 33.4 Å². The van der Waals surface area contributed by atoms with Crippen LogP contribution in [0.5, 0.6) is 5.75 Å². The second-order valence-corrected chi connectivity index (χ2v) is 5.25. The van der Waals surface area contributed by atoms with Crippen molar-refractivity contribution < 1.29 is 19.0 Å². The Hall–Kier alpha value is -2.07. The fourth-order valence-electron chi connectivity index (χ4n) is 2.88. The van der Waals surface area contributed by atoms with E-state index in [0.29, 0.717) is 18.1 Å². The fraction of sp³-hybridized carbons (Fsp3) is 0.353. The second-order valence-electron chi connectivity index (χ2n) is 5.25. The van der Waals surface area contributed by atoms with Crippen LogP contribution in [0.25, 0.3) is 5.57 Å². The summed E-state index contributed by atoms with van der Waals surface area (Å²) in [6.45, 7) is 1.33. The molecule has 1 aliphatic carbocycles. The third-order valence-electron chi connectivity index (χ3n) is 4.06. The molecule has 0 spiro atoms. The summed E-state index contributed by atoms with van der Waals surface area (Å²) in [4.78, 5) is 12.1. The predicted octanol–water partition coefficient (Wildman–Crippen LogP) is 2.60. The highest BCUT2D eigenvalue weighted by molar-refractivity contribution is 6.01. The molecule has 0 radical (unpaired) electrons. The summed E-state index contributed by atoms with van der Waals surface area (Å²) in [5.41, 5.74) is 3.87. The lowest BCUT2D eigenvalue weighted by atomic mass is 9.82. The van der Waals surface area contributed by atoms with Gasteiger partial charge in [-0.3, -0.25) is 0 Å². The Morgan fingerprint density at radius 2 is 2.00 bits per heavy atom. The number of methoxy groups -OCH3 is 2. The molecule has 21 heavy (non-hydrogen) atoms. The summed E-state index contributed by atoms with van der Waals surface area (Å²) in [6.07, 6.45) is 2.75. The van der Waals surface area contributed by atoms with E-state index >= 15 is 0 Å². The Morgan fingerprint density at radius 3 is 2.67 bits per heavy atom. The van der Waals surface area contributed by atoms with Gasteiger partial charge in [0.05, 0.1) is 33.0 Å². The summed E-state index contributed by atoms with van der Waals surface area (Å²) < 4.78 is 15.6. The molecule has 1 saturated heterocycles. The van der Waals surface area contributed by atoms with E-state index in [0.717, 1.165) is 29.9 Å². The molecule has 1 heterocycles. The first-order valence-electron chi connectivity index (χ1n) is 6.97. The maximum absolute atomic E-state index is 12.1. The maximum Gasteiger partial charge on any atom is 0.338 e. The molecule has 2 aliphatic rings. The Bertz CT molecular complexity index is 610. The minimum absolute atomic E-state index is 0.293. The number of hydrogen-bond donors (Lipinski definition) is 0. The molecule has 1 aromatic rings. The van der Waals surface area contributed by atoms with Crippen molar-refractivity contribution in [3.05, 3.63) is 47.1 Å². The van der Waals surface area contributed by atoms with Crippen LogP contribution in [0, 0.1) is 5.92 Å². The highest BCUT2D eigenvalue weighted by Gasteiger charge is 2.30. The fourth-order valence-corrected chi connectivity index (χ4v) is 2.88. The molecule has 0 unspecified atom stereocenters. The minimum atomic E-state index is -0.293. The van der Waals surface area contributed by atoms with E-state index in [1.54, 1.807) is 7.11 Å². The van der Waals surface area contributed by atoms with Crippen LogP contribution >= 0.6 is 0 Å². The van der Waals surface area contributed by atoms with Crippen LogP contribution in [0.2, 0.25) is 0 Å². The quantitative estimate of drug-likeness (QED) is 0.801. The number of carbonyl (C=O) groups excluding carboxylic acids is 1. The summed E-state index contributed by atoms with van der Waals surface area (Å²) >= 11 is 0. The molecule has 1 atom stereocenters. The zero-order valence-electron chi connectivity index (χ0n) is 12.2. The monoisotopic (exact) mass is 286 g/mol. The molecule has 0 saturated carbocycles. The van der Waals surface area contributed by atoms with Gasteiger partial charge in [0.15, 0.2) is 0 Å². The van der Waals surface area contributed by atoms with Crippen LogP contribution in [0.1, 0.15) is 12.0 Å². The van der Waals surface area contributed by atoms with Crippen LogP contribution in [0.15, 0.2) is 41.5 Å². The van der Waals surface area contributed by atoms with Crippen molar-refractivity contribution in [3.63, 3.8) is 0 Å². The van der Waals surface area contributed by atoms with Crippen LogP contribution in [-0.2, 0) is 14.3 Å². The van der Waals surface area contributed by atoms with E-state index in [9.17, 15) is 4.79 Å². The van der Waals surface area contributed by atoms with Crippen molar-refractivity contribution in [3.8, 4) is 5.75 Å². The summed E-state index contributed by atoms with van der Waals surface area (Å²) in [5, 5.41) is 0. The van der Waals surface area contributed by atoms with Gasteiger partial charge in [0.2, 0.25) is 0 Å². The number of rotatable bonds is 3. The van der Waals surface area contributed by atoms with Gasteiger partial charge in [-0.2, -0.15) is 0 Å². The summed E-state index contributed by atoms with van der Waals surface area (Å²) in [6, 6.07) is 7.76. The van der Waals surface area contributed by atoms with E-state index in [2.05, 4.69) is 0 Å². The van der Waals surface area contributed by atoms with Crippen LogP contribution in [0.4, 0.5) is 0 Å². The van der Waals surface area contributed by atoms with Gasteiger partial charge in [-0.15, -0.1) is 0 Å². The SMILES string of the molecule is COC(=O)C1=C(c2ccc(OC)cc2)C[C@@H]2COCC2=C1. The molecule has 1 aromatic carbocycles. The average Bonchev–Trinajstić information content (AvgIpc) is 3.00. The first-order valence-corrected chi connectivity index (χ1v) is 6.97. The highest BCUT2D eigenvalue weighted by Crippen LogP contribution is 2.39. The van der Waals surface area contributed by atoms with Crippen LogP contribution in [0.3, 0.4) is 0 Å². The Balaban J connectivity index is 2.03. The molecule has 0 bridgehead atoms. The molecular formula is C17H18O4. The molecule has 1 fully saturated rings. The number of fused-ring (bicyclic) bond motifs is 1. The van der Waals surface area contributed by atoms with Crippen molar-refractivity contribution in [2.45, 2.75) is 6.42 Å². The lowest BCUT2D eigenvalue weighted by Gasteiger charge is -2.22. The smallest absolute Gasteiger partial charge is 0.338 e. The zero-order chi connectivity index (χ0) is 14.8. The lowest BCUT2D eigenvalue weighted by Crippen LogP contribution is -2.15. The second kappa shape index (κ2) is 5.74.